The Bertz CT molecular complexity index is 888. The fraction of sp³-hybridized carbons (Fsp3) is 0.500. The van der Waals surface area contributed by atoms with Crippen LogP contribution in [-0.4, -0.2) is 47.9 Å². The maximum Gasteiger partial charge on any atom is 0.242 e. The van der Waals surface area contributed by atoms with Crippen LogP contribution >= 0.6 is 11.3 Å². The first-order valence-corrected chi connectivity index (χ1v) is 11.8. The minimum absolute atomic E-state index is 0.0202. The van der Waals surface area contributed by atoms with Crippen molar-refractivity contribution >= 4 is 23.2 Å². The molecule has 1 aliphatic heterocycles. The molecule has 1 aliphatic carbocycles. The van der Waals surface area contributed by atoms with Gasteiger partial charge in [-0.2, -0.15) is 0 Å². The molecule has 1 aromatic carbocycles. The number of amides is 2. The van der Waals surface area contributed by atoms with Crippen LogP contribution in [0.2, 0.25) is 0 Å². The van der Waals surface area contributed by atoms with Gasteiger partial charge < -0.3 is 14.5 Å². The van der Waals surface area contributed by atoms with E-state index in [9.17, 15) is 9.59 Å². The molecule has 1 aromatic heterocycles. The SMILES string of the molecule is CCC(=O)N(CC(=O)N1CCc2sccc2[C@@H]1COc1ccc(C)cc1)CC1CC1. The monoisotopic (exact) mass is 426 g/mol. The normalized spacial score (nSPS) is 18.1. The fourth-order valence-electron chi connectivity index (χ4n) is 4.03. The van der Waals surface area contributed by atoms with E-state index < -0.39 is 0 Å². The molecule has 0 radical (unpaired) electrons. The van der Waals surface area contributed by atoms with E-state index in [0.717, 1.165) is 25.0 Å². The molecule has 1 fully saturated rings. The number of nitrogens with zero attached hydrogens (tertiary/aromatic N) is 2. The first-order valence-electron chi connectivity index (χ1n) is 10.9. The molecule has 0 saturated heterocycles. The van der Waals surface area contributed by atoms with Crippen molar-refractivity contribution in [3.05, 3.63) is 51.7 Å². The number of carbonyl (C=O) groups is 2. The molecule has 4 rings (SSSR count). The van der Waals surface area contributed by atoms with Gasteiger partial charge in [0.1, 0.15) is 12.4 Å². The number of hydrogen-bond acceptors (Lipinski definition) is 4. The van der Waals surface area contributed by atoms with E-state index in [0.29, 0.717) is 32.0 Å². The van der Waals surface area contributed by atoms with Crippen LogP contribution in [0.1, 0.15) is 48.2 Å². The first kappa shape index (κ1) is 20.9. The van der Waals surface area contributed by atoms with Crippen LogP contribution in [0, 0.1) is 12.8 Å². The largest absolute Gasteiger partial charge is 0.491 e. The van der Waals surface area contributed by atoms with Gasteiger partial charge >= 0.3 is 0 Å². The second kappa shape index (κ2) is 9.21. The van der Waals surface area contributed by atoms with Gasteiger partial charge in [-0.1, -0.05) is 24.6 Å². The zero-order chi connectivity index (χ0) is 21.1. The summed E-state index contributed by atoms with van der Waals surface area (Å²) in [4.78, 5) is 30.7. The van der Waals surface area contributed by atoms with Crippen molar-refractivity contribution in [3.63, 3.8) is 0 Å². The lowest BCUT2D eigenvalue weighted by molar-refractivity contribution is -0.142. The van der Waals surface area contributed by atoms with E-state index in [-0.39, 0.29) is 24.4 Å². The zero-order valence-corrected chi connectivity index (χ0v) is 18.6. The minimum atomic E-state index is -0.117. The van der Waals surface area contributed by atoms with Crippen LogP contribution in [0.4, 0.5) is 0 Å². The van der Waals surface area contributed by atoms with Gasteiger partial charge in [-0.3, -0.25) is 9.59 Å². The van der Waals surface area contributed by atoms with Gasteiger partial charge in [0.25, 0.3) is 0 Å². The highest BCUT2D eigenvalue weighted by molar-refractivity contribution is 7.10. The molecule has 2 amide bonds. The molecule has 0 unspecified atom stereocenters. The van der Waals surface area contributed by atoms with Crippen molar-refractivity contribution in [3.8, 4) is 5.75 Å². The van der Waals surface area contributed by atoms with Gasteiger partial charge in [-0.25, -0.2) is 0 Å². The molecule has 2 heterocycles. The summed E-state index contributed by atoms with van der Waals surface area (Å²) in [7, 11) is 0. The molecule has 2 aliphatic rings. The number of carbonyl (C=O) groups excluding carboxylic acids is 2. The van der Waals surface area contributed by atoms with Gasteiger partial charge in [0.15, 0.2) is 0 Å². The summed E-state index contributed by atoms with van der Waals surface area (Å²) in [5.41, 5.74) is 2.37. The van der Waals surface area contributed by atoms with Crippen molar-refractivity contribution in [2.24, 2.45) is 5.92 Å². The molecule has 0 N–H and O–H groups in total. The van der Waals surface area contributed by atoms with Crippen LogP contribution in [-0.2, 0) is 16.0 Å². The Hall–Kier alpha value is -2.34. The average molecular weight is 427 g/mol. The third kappa shape index (κ3) is 4.86. The molecule has 0 bridgehead atoms. The van der Waals surface area contributed by atoms with Crippen molar-refractivity contribution < 1.29 is 14.3 Å². The third-order valence-corrected chi connectivity index (χ3v) is 7.00. The van der Waals surface area contributed by atoms with Gasteiger partial charge in [0, 0.05) is 24.4 Å². The number of fused-ring (bicyclic) bond motifs is 1. The Kier molecular flexibility index (Phi) is 6.42. The molecule has 0 spiro atoms. The highest BCUT2D eigenvalue weighted by Crippen LogP contribution is 2.34. The second-order valence-corrected chi connectivity index (χ2v) is 9.35. The number of benzene rings is 1. The third-order valence-electron chi connectivity index (χ3n) is 6.00. The molecule has 6 heteroatoms. The van der Waals surface area contributed by atoms with Crippen molar-refractivity contribution in [2.45, 2.75) is 45.6 Å². The molecule has 1 saturated carbocycles. The lowest BCUT2D eigenvalue weighted by atomic mass is 10.0. The lowest BCUT2D eigenvalue weighted by Crippen LogP contribution is -2.48. The fourth-order valence-corrected chi connectivity index (χ4v) is 4.96. The summed E-state index contributed by atoms with van der Waals surface area (Å²) in [5, 5.41) is 2.09. The van der Waals surface area contributed by atoms with Crippen LogP contribution in [0.15, 0.2) is 35.7 Å². The first-order chi connectivity index (χ1) is 14.5. The smallest absolute Gasteiger partial charge is 0.242 e. The minimum Gasteiger partial charge on any atom is -0.491 e. The van der Waals surface area contributed by atoms with Gasteiger partial charge in [0.2, 0.25) is 11.8 Å². The number of thiophene rings is 1. The predicted molar refractivity (Wildman–Crippen MR) is 119 cm³/mol. The Labute approximate surface area is 182 Å². The molecule has 2 aromatic rings. The van der Waals surface area contributed by atoms with E-state index in [1.807, 2.05) is 43.0 Å². The predicted octanol–water partition coefficient (Wildman–Crippen LogP) is 4.21. The Morgan fingerprint density at radius 3 is 2.67 bits per heavy atom. The van der Waals surface area contributed by atoms with Gasteiger partial charge in [-0.05, 0) is 61.2 Å². The number of ether oxygens (including phenoxy) is 1. The molecular formula is C24H30N2O3S. The van der Waals surface area contributed by atoms with E-state index in [1.165, 1.54) is 16.0 Å². The van der Waals surface area contributed by atoms with Gasteiger partial charge in [-0.15, -0.1) is 11.3 Å². The standard InChI is InChI=1S/C24H30N2O3S/c1-3-23(27)25(14-18-6-7-18)15-24(28)26-12-10-22-20(11-13-30-22)21(26)16-29-19-8-4-17(2)5-9-19/h4-5,8-9,11,13,18,21H,3,6-7,10,12,14-16H2,1-2H3/t21-/m0/s1. The van der Waals surface area contributed by atoms with Crippen LogP contribution < -0.4 is 4.74 Å². The maximum atomic E-state index is 13.3. The Morgan fingerprint density at radius 1 is 1.20 bits per heavy atom. The van der Waals surface area contributed by atoms with Crippen molar-refractivity contribution in [2.75, 3.05) is 26.2 Å². The quantitative estimate of drug-likeness (QED) is 0.635. The Morgan fingerprint density at radius 2 is 1.97 bits per heavy atom. The van der Waals surface area contributed by atoms with Crippen LogP contribution in [0.25, 0.3) is 0 Å². The molecule has 160 valence electrons. The highest BCUT2D eigenvalue weighted by Gasteiger charge is 2.34. The van der Waals surface area contributed by atoms with E-state index in [2.05, 4.69) is 11.4 Å². The van der Waals surface area contributed by atoms with Crippen LogP contribution in [0.5, 0.6) is 5.75 Å². The summed E-state index contributed by atoms with van der Waals surface area (Å²) in [6.45, 7) is 5.89. The Balaban J connectivity index is 1.48. The number of rotatable bonds is 8. The molecule has 5 nitrogen and oxygen atoms in total. The summed E-state index contributed by atoms with van der Waals surface area (Å²) in [5.74, 6) is 1.47. The second-order valence-electron chi connectivity index (χ2n) is 8.35. The lowest BCUT2D eigenvalue weighted by Gasteiger charge is -2.37. The number of aryl methyl sites for hydroxylation is 1. The van der Waals surface area contributed by atoms with Crippen molar-refractivity contribution in [1.82, 2.24) is 9.80 Å². The van der Waals surface area contributed by atoms with E-state index in [1.54, 1.807) is 16.2 Å². The van der Waals surface area contributed by atoms with E-state index in [4.69, 9.17) is 4.74 Å². The topological polar surface area (TPSA) is 49.9 Å². The number of hydrogen-bond donors (Lipinski definition) is 0. The molecular weight excluding hydrogens is 396 g/mol. The zero-order valence-electron chi connectivity index (χ0n) is 17.8. The summed E-state index contributed by atoms with van der Waals surface area (Å²) < 4.78 is 6.09. The van der Waals surface area contributed by atoms with E-state index >= 15 is 0 Å². The average Bonchev–Trinajstić information content (AvgIpc) is 3.44. The highest BCUT2D eigenvalue weighted by atomic mass is 32.1. The van der Waals surface area contributed by atoms with Crippen molar-refractivity contribution in [1.29, 1.82) is 0 Å². The van der Waals surface area contributed by atoms with Gasteiger partial charge in [0.05, 0.1) is 12.6 Å². The van der Waals surface area contributed by atoms with Crippen LogP contribution in [0.3, 0.4) is 0 Å². The summed E-state index contributed by atoms with van der Waals surface area (Å²) in [6.07, 6.45) is 3.63. The maximum absolute atomic E-state index is 13.3. The summed E-state index contributed by atoms with van der Waals surface area (Å²) in [6, 6.07) is 9.99. The molecule has 30 heavy (non-hydrogen) atoms. The summed E-state index contributed by atoms with van der Waals surface area (Å²) >= 11 is 1.75. The molecule has 1 atom stereocenters.